The summed E-state index contributed by atoms with van der Waals surface area (Å²) < 4.78 is 4.28. The van der Waals surface area contributed by atoms with Crippen molar-refractivity contribution in [3.05, 3.63) is 0 Å². The minimum atomic E-state index is -0.662. The number of aliphatic imine (C=N–C) groups is 1. The van der Waals surface area contributed by atoms with Gasteiger partial charge in [-0.25, -0.2) is 4.79 Å². The van der Waals surface area contributed by atoms with E-state index in [2.05, 4.69) is 9.73 Å². The lowest BCUT2D eigenvalue weighted by molar-refractivity contribution is 0.182. The largest absolute Gasteiger partial charge is 0.451 e. The zero-order chi connectivity index (χ0) is 8.85. The third kappa shape index (κ3) is 3.36. The molecule has 0 spiro atoms. The molecule has 0 aliphatic carbocycles. The van der Waals surface area contributed by atoms with Crippen LogP contribution in [0.15, 0.2) is 4.99 Å². The molecule has 0 saturated carbocycles. The summed E-state index contributed by atoms with van der Waals surface area (Å²) in [4.78, 5) is 14.0. The van der Waals surface area contributed by atoms with Gasteiger partial charge in [-0.3, -0.25) is 0 Å². The molecular formula is C7H10N2O2. The van der Waals surface area contributed by atoms with E-state index in [1.807, 2.05) is 6.07 Å². The first-order valence-electron chi connectivity index (χ1n) is 3.14. The van der Waals surface area contributed by atoms with E-state index >= 15 is 0 Å². The molecule has 0 bridgehead atoms. The maximum absolute atomic E-state index is 10.5. The average molecular weight is 154 g/mol. The van der Waals surface area contributed by atoms with Crippen LogP contribution in [0, 0.1) is 17.2 Å². The summed E-state index contributed by atoms with van der Waals surface area (Å²) in [6.07, 6.45) is -0.662. The van der Waals surface area contributed by atoms with E-state index in [-0.39, 0.29) is 5.92 Å². The molecule has 0 heterocycles. The molecule has 1 amide bonds. The van der Waals surface area contributed by atoms with E-state index in [4.69, 9.17) is 5.26 Å². The zero-order valence-electron chi connectivity index (χ0n) is 6.79. The molecule has 0 aliphatic heterocycles. The van der Waals surface area contributed by atoms with Crippen molar-refractivity contribution in [2.75, 3.05) is 7.11 Å². The van der Waals surface area contributed by atoms with Gasteiger partial charge in [-0.15, -0.1) is 0 Å². The van der Waals surface area contributed by atoms with Crippen molar-refractivity contribution < 1.29 is 9.53 Å². The van der Waals surface area contributed by atoms with E-state index in [9.17, 15) is 4.79 Å². The average Bonchev–Trinajstić information content (AvgIpc) is 2.02. The maximum Gasteiger partial charge on any atom is 0.433 e. The Hall–Kier alpha value is -1.37. The van der Waals surface area contributed by atoms with Gasteiger partial charge in [0.15, 0.2) is 0 Å². The molecule has 4 nitrogen and oxygen atoms in total. The summed E-state index contributed by atoms with van der Waals surface area (Å²) in [7, 11) is 1.25. The van der Waals surface area contributed by atoms with Gasteiger partial charge < -0.3 is 4.74 Å². The van der Waals surface area contributed by atoms with E-state index in [0.717, 1.165) is 0 Å². The predicted molar refractivity (Wildman–Crippen MR) is 40.3 cm³/mol. The molecule has 0 aliphatic rings. The van der Waals surface area contributed by atoms with Gasteiger partial charge in [0.25, 0.3) is 0 Å². The second-order valence-corrected chi connectivity index (χ2v) is 2.07. The number of hydrogen-bond donors (Lipinski definition) is 0. The molecule has 0 aromatic rings. The number of nitriles is 1. The Labute approximate surface area is 65.5 Å². The normalized spacial score (nSPS) is 13.5. The standard InChI is InChI=1S/C7H10N2O2/c1-5(4-8)6(2)9-7(10)11-3/h5H,1-3H3. The van der Waals surface area contributed by atoms with Gasteiger partial charge in [-0.2, -0.15) is 10.3 Å². The van der Waals surface area contributed by atoms with Crippen molar-refractivity contribution in [2.45, 2.75) is 13.8 Å². The third-order valence-electron chi connectivity index (χ3n) is 1.26. The van der Waals surface area contributed by atoms with Gasteiger partial charge in [0.05, 0.1) is 19.1 Å². The Bertz CT molecular complexity index is 215. The van der Waals surface area contributed by atoms with Crippen molar-refractivity contribution in [3.8, 4) is 6.07 Å². The Kier molecular flexibility index (Phi) is 3.89. The zero-order valence-corrected chi connectivity index (χ0v) is 6.79. The Balaban J connectivity index is 4.24. The number of methoxy groups -OCH3 is 1. The van der Waals surface area contributed by atoms with Crippen LogP contribution in [-0.4, -0.2) is 18.9 Å². The van der Waals surface area contributed by atoms with E-state index in [1.165, 1.54) is 7.11 Å². The lowest BCUT2D eigenvalue weighted by Gasteiger charge is -1.98. The van der Waals surface area contributed by atoms with E-state index in [0.29, 0.717) is 5.71 Å². The number of carbonyl (C=O) groups is 1. The third-order valence-corrected chi connectivity index (χ3v) is 1.26. The highest BCUT2D eigenvalue weighted by atomic mass is 16.5. The highest BCUT2D eigenvalue weighted by molar-refractivity contribution is 5.94. The first-order chi connectivity index (χ1) is 5.11. The lowest BCUT2D eigenvalue weighted by Crippen LogP contribution is -2.07. The fourth-order valence-electron chi connectivity index (χ4n) is 0.380. The Morgan fingerprint density at radius 3 is 2.64 bits per heavy atom. The van der Waals surface area contributed by atoms with Gasteiger partial charge in [0.1, 0.15) is 0 Å². The molecule has 0 aromatic heterocycles. The molecule has 0 fully saturated rings. The summed E-state index contributed by atoms with van der Waals surface area (Å²) in [6, 6.07) is 1.96. The molecule has 0 aromatic carbocycles. The summed E-state index contributed by atoms with van der Waals surface area (Å²) in [5.41, 5.74) is 0.472. The van der Waals surface area contributed by atoms with Crippen LogP contribution in [0.1, 0.15) is 13.8 Å². The van der Waals surface area contributed by atoms with Gasteiger partial charge in [0.2, 0.25) is 0 Å². The van der Waals surface area contributed by atoms with Gasteiger partial charge in [-0.1, -0.05) is 0 Å². The first-order valence-corrected chi connectivity index (χ1v) is 3.14. The molecule has 11 heavy (non-hydrogen) atoms. The maximum atomic E-state index is 10.5. The quantitative estimate of drug-likeness (QED) is 0.536. The minimum Gasteiger partial charge on any atom is -0.451 e. The number of hydrogen-bond acceptors (Lipinski definition) is 3. The van der Waals surface area contributed by atoms with Crippen LogP contribution in [0.2, 0.25) is 0 Å². The van der Waals surface area contributed by atoms with E-state index < -0.39 is 6.09 Å². The van der Waals surface area contributed by atoms with Crippen LogP contribution in [-0.2, 0) is 4.74 Å². The van der Waals surface area contributed by atoms with Crippen LogP contribution in [0.4, 0.5) is 4.79 Å². The molecule has 0 radical (unpaired) electrons. The minimum absolute atomic E-state index is 0.339. The Morgan fingerprint density at radius 2 is 2.27 bits per heavy atom. The molecule has 60 valence electrons. The van der Waals surface area contributed by atoms with Crippen molar-refractivity contribution in [1.82, 2.24) is 0 Å². The van der Waals surface area contributed by atoms with Crippen LogP contribution < -0.4 is 0 Å². The van der Waals surface area contributed by atoms with Gasteiger partial charge in [-0.05, 0) is 13.8 Å². The van der Waals surface area contributed by atoms with E-state index in [1.54, 1.807) is 13.8 Å². The lowest BCUT2D eigenvalue weighted by atomic mass is 10.1. The fourth-order valence-corrected chi connectivity index (χ4v) is 0.380. The number of carbonyl (C=O) groups excluding carboxylic acids is 1. The second kappa shape index (κ2) is 4.45. The highest BCUT2D eigenvalue weighted by Gasteiger charge is 2.05. The molecule has 4 heteroatoms. The van der Waals surface area contributed by atoms with Gasteiger partial charge in [0, 0.05) is 5.71 Å². The molecule has 1 unspecified atom stereocenters. The molecule has 0 rings (SSSR count). The molecular weight excluding hydrogens is 144 g/mol. The smallest absolute Gasteiger partial charge is 0.433 e. The van der Waals surface area contributed by atoms with Crippen LogP contribution in [0.25, 0.3) is 0 Å². The molecule has 1 atom stereocenters. The second-order valence-electron chi connectivity index (χ2n) is 2.07. The predicted octanol–water partition coefficient (Wildman–Crippen LogP) is 1.37. The molecule has 0 N–H and O–H groups in total. The van der Waals surface area contributed by atoms with Crippen molar-refractivity contribution in [1.29, 1.82) is 5.26 Å². The monoisotopic (exact) mass is 154 g/mol. The van der Waals surface area contributed by atoms with Crippen LogP contribution in [0.3, 0.4) is 0 Å². The number of amides is 1. The number of nitrogens with zero attached hydrogens (tertiary/aromatic N) is 2. The van der Waals surface area contributed by atoms with Crippen molar-refractivity contribution in [3.63, 3.8) is 0 Å². The summed E-state index contributed by atoms with van der Waals surface area (Å²) in [5, 5.41) is 8.41. The van der Waals surface area contributed by atoms with Crippen LogP contribution in [0.5, 0.6) is 0 Å². The van der Waals surface area contributed by atoms with Crippen molar-refractivity contribution >= 4 is 11.8 Å². The molecule has 0 saturated heterocycles. The first kappa shape index (κ1) is 9.63. The van der Waals surface area contributed by atoms with Gasteiger partial charge >= 0.3 is 6.09 Å². The summed E-state index contributed by atoms with van der Waals surface area (Å²) in [5.74, 6) is -0.339. The van der Waals surface area contributed by atoms with Crippen molar-refractivity contribution in [2.24, 2.45) is 10.9 Å². The number of ether oxygens (including phenoxy) is 1. The summed E-state index contributed by atoms with van der Waals surface area (Å²) >= 11 is 0. The SMILES string of the molecule is COC(=O)N=C(C)C(C)C#N. The summed E-state index contributed by atoms with van der Waals surface area (Å²) in [6.45, 7) is 3.28. The number of rotatable bonds is 1. The highest BCUT2D eigenvalue weighted by Crippen LogP contribution is 1.96. The van der Waals surface area contributed by atoms with Crippen LogP contribution >= 0.6 is 0 Å². The Morgan fingerprint density at radius 1 is 1.73 bits per heavy atom. The topological polar surface area (TPSA) is 62.4 Å². The fraction of sp³-hybridized carbons (Fsp3) is 0.571.